The molecule has 0 unspecified atom stereocenters. The quantitative estimate of drug-likeness (QED) is 0.576. The lowest BCUT2D eigenvalue weighted by atomic mass is 10.1. The molecule has 0 spiro atoms. The molecule has 0 atom stereocenters. The van der Waals surface area contributed by atoms with Crippen molar-refractivity contribution in [2.75, 3.05) is 19.8 Å². The molecule has 3 aromatic rings. The van der Waals surface area contributed by atoms with Gasteiger partial charge in [-0.15, -0.1) is 10.2 Å². The van der Waals surface area contributed by atoms with Crippen molar-refractivity contribution < 1.29 is 19.0 Å². The maximum absolute atomic E-state index is 12.9. The number of carbonyl (C=O) groups excluding carboxylic acids is 1. The molecule has 0 aliphatic heterocycles. The summed E-state index contributed by atoms with van der Waals surface area (Å²) in [5.74, 6) is 2.27. The van der Waals surface area contributed by atoms with Crippen molar-refractivity contribution in [1.29, 1.82) is 0 Å². The lowest BCUT2D eigenvalue weighted by Gasteiger charge is -2.17. The zero-order chi connectivity index (χ0) is 21.7. The molecular weight excluding hydrogens is 386 g/mol. The number of hydrogen-bond acceptors (Lipinski definition) is 7. The molecule has 1 N–H and O–H groups in total. The van der Waals surface area contributed by atoms with Crippen LogP contribution in [0.15, 0.2) is 18.2 Å². The molecule has 160 valence electrons. The van der Waals surface area contributed by atoms with E-state index in [9.17, 15) is 4.79 Å². The second kappa shape index (κ2) is 9.43. The first-order valence-electron chi connectivity index (χ1n) is 10.0. The van der Waals surface area contributed by atoms with Gasteiger partial charge < -0.3 is 19.5 Å². The van der Waals surface area contributed by atoms with E-state index < -0.39 is 0 Å². The first-order chi connectivity index (χ1) is 14.5. The van der Waals surface area contributed by atoms with Crippen LogP contribution in [0.25, 0.3) is 5.78 Å². The maximum atomic E-state index is 12.9. The van der Waals surface area contributed by atoms with Gasteiger partial charge in [0.2, 0.25) is 5.75 Å². The van der Waals surface area contributed by atoms with Crippen LogP contribution in [0.4, 0.5) is 0 Å². The highest BCUT2D eigenvalue weighted by molar-refractivity contribution is 5.95. The number of rotatable bonds is 9. The van der Waals surface area contributed by atoms with Crippen LogP contribution in [0.2, 0.25) is 0 Å². The van der Waals surface area contributed by atoms with E-state index >= 15 is 0 Å². The summed E-state index contributed by atoms with van der Waals surface area (Å²) in [4.78, 5) is 17.2. The second-order valence-electron chi connectivity index (χ2n) is 6.57. The Balaban J connectivity index is 1.86. The Kier molecular flexibility index (Phi) is 6.71. The number of hydrogen-bond donors (Lipinski definition) is 1. The molecule has 9 nitrogen and oxygen atoms in total. The first kappa shape index (κ1) is 21.4. The van der Waals surface area contributed by atoms with Crippen LogP contribution >= 0.6 is 0 Å². The van der Waals surface area contributed by atoms with E-state index in [1.807, 2.05) is 45.1 Å². The minimum absolute atomic E-state index is 0.201. The highest BCUT2D eigenvalue weighted by atomic mass is 16.5. The standard InChI is InChI=1S/C21H27N5O4/c1-6-28-16-10-15(11-17(29-7-2)19(16)30-8-3)20(27)22-12-18-24-25-21-23-13(4)9-14(5)26(18)21/h9-11H,6-8,12H2,1-5H3,(H,22,27). The molecule has 0 bridgehead atoms. The largest absolute Gasteiger partial charge is 0.490 e. The molecule has 0 aliphatic rings. The molecule has 9 heteroatoms. The van der Waals surface area contributed by atoms with Crippen LogP contribution < -0.4 is 19.5 Å². The number of nitrogens with zero attached hydrogens (tertiary/aromatic N) is 4. The number of amides is 1. The molecule has 0 aliphatic carbocycles. The molecule has 1 amide bonds. The van der Waals surface area contributed by atoms with Crippen molar-refractivity contribution >= 4 is 11.7 Å². The zero-order valence-corrected chi connectivity index (χ0v) is 18.0. The highest BCUT2D eigenvalue weighted by Crippen LogP contribution is 2.39. The van der Waals surface area contributed by atoms with E-state index in [1.54, 1.807) is 12.1 Å². The molecule has 1 aromatic carbocycles. The van der Waals surface area contributed by atoms with Crippen LogP contribution in [0.1, 0.15) is 48.3 Å². The molecule has 30 heavy (non-hydrogen) atoms. The lowest BCUT2D eigenvalue weighted by molar-refractivity contribution is 0.0948. The third kappa shape index (κ3) is 4.45. The van der Waals surface area contributed by atoms with Gasteiger partial charge in [0, 0.05) is 17.0 Å². The summed E-state index contributed by atoms with van der Waals surface area (Å²) in [5.41, 5.74) is 2.22. The molecule has 0 fully saturated rings. The minimum atomic E-state index is -0.283. The smallest absolute Gasteiger partial charge is 0.255 e. The van der Waals surface area contributed by atoms with Crippen molar-refractivity contribution in [3.63, 3.8) is 0 Å². The number of fused-ring (bicyclic) bond motifs is 1. The first-order valence-corrected chi connectivity index (χ1v) is 10.0. The van der Waals surface area contributed by atoms with Crippen LogP contribution in [0.5, 0.6) is 17.2 Å². The third-order valence-electron chi connectivity index (χ3n) is 4.34. The van der Waals surface area contributed by atoms with Crippen molar-refractivity contribution in [2.45, 2.75) is 41.2 Å². The maximum Gasteiger partial charge on any atom is 0.255 e. The summed E-state index contributed by atoms with van der Waals surface area (Å²) in [6.07, 6.45) is 0. The average molecular weight is 413 g/mol. The molecule has 0 saturated heterocycles. The summed E-state index contributed by atoms with van der Waals surface area (Å²) in [7, 11) is 0. The van der Waals surface area contributed by atoms with E-state index in [1.165, 1.54) is 0 Å². The summed E-state index contributed by atoms with van der Waals surface area (Å²) in [6, 6.07) is 5.26. The molecular formula is C21H27N5O4. The van der Waals surface area contributed by atoms with Crippen LogP contribution in [-0.4, -0.2) is 45.3 Å². The van der Waals surface area contributed by atoms with E-state index in [0.29, 0.717) is 54.2 Å². The molecule has 2 aromatic heterocycles. The van der Waals surface area contributed by atoms with Gasteiger partial charge in [0.15, 0.2) is 17.3 Å². The average Bonchev–Trinajstić information content (AvgIpc) is 3.11. The van der Waals surface area contributed by atoms with Gasteiger partial charge in [-0.3, -0.25) is 9.20 Å². The van der Waals surface area contributed by atoms with Gasteiger partial charge in [0.1, 0.15) is 0 Å². The Morgan fingerprint density at radius 3 is 2.20 bits per heavy atom. The zero-order valence-electron chi connectivity index (χ0n) is 18.0. The number of benzene rings is 1. The number of aryl methyl sites for hydroxylation is 2. The SMILES string of the molecule is CCOc1cc(C(=O)NCc2nnc3nc(C)cc(C)n23)cc(OCC)c1OCC. The molecule has 0 radical (unpaired) electrons. The Morgan fingerprint density at radius 2 is 1.60 bits per heavy atom. The predicted molar refractivity (Wildman–Crippen MR) is 111 cm³/mol. The number of carbonyl (C=O) groups is 1. The van der Waals surface area contributed by atoms with Gasteiger partial charge in [0.25, 0.3) is 11.7 Å². The highest BCUT2D eigenvalue weighted by Gasteiger charge is 2.19. The molecule has 0 saturated carbocycles. The van der Waals surface area contributed by atoms with Gasteiger partial charge in [-0.2, -0.15) is 0 Å². The number of aromatic nitrogens is 4. The topological polar surface area (TPSA) is 99.9 Å². The normalized spacial score (nSPS) is 10.8. The van der Waals surface area contributed by atoms with Gasteiger partial charge in [-0.05, 0) is 52.8 Å². The fraction of sp³-hybridized carbons (Fsp3) is 0.429. The van der Waals surface area contributed by atoms with Crippen molar-refractivity contribution in [1.82, 2.24) is 24.9 Å². The van der Waals surface area contributed by atoms with Gasteiger partial charge in [-0.1, -0.05) is 0 Å². The predicted octanol–water partition coefficient (Wildman–Crippen LogP) is 2.87. The Bertz CT molecular complexity index is 1020. The summed E-state index contributed by atoms with van der Waals surface area (Å²) in [6.45, 7) is 11.0. The second-order valence-corrected chi connectivity index (χ2v) is 6.57. The van der Waals surface area contributed by atoms with Crippen LogP contribution in [-0.2, 0) is 6.54 Å². The third-order valence-corrected chi connectivity index (χ3v) is 4.34. The summed E-state index contributed by atoms with van der Waals surface area (Å²) >= 11 is 0. The van der Waals surface area contributed by atoms with Gasteiger partial charge in [0.05, 0.1) is 26.4 Å². The van der Waals surface area contributed by atoms with Crippen molar-refractivity contribution in [3.05, 3.63) is 41.0 Å². The van der Waals surface area contributed by atoms with Crippen molar-refractivity contribution in [3.8, 4) is 17.2 Å². The monoisotopic (exact) mass is 413 g/mol. The summed E-state index contributed by atoms with van der Waals surface area (Å²) in [5, 5.41) is 11.1. The Labute approximate surface area is 175 Å². The van der Waals surface area contributed by atoms with E-state index in [2.05, 4.69) is 20.5 Å². The van der Waals surface area contributed by atoms with E-state index in [0.717, 1.165) is 11.4 Å². The molecule has 2 heterocycles. The van der Waals surface area contributed by atoms with E-state index in [-0.39, 0.29) is 12.5 Å². The molecule has 3 rings (SSSR count). The fourth-order valence-electron chi connectivity index (χ4n) is 3.19. The minimum Gasteiger partial charge on any atom is -0.490 e. The van der Waals surface area contributed by atoms with Crippen LogP contribution in [0, 0.1) is 13.8 Å². The van der Waals surface area contributed by atoms with Gasteiger partial charge >= 0.3 is 0 Å². The van der Waals surface area contributed by atoms with Crippen LogP contribution in [0.3, 0.4) is 0 Å². The van der Waals surface area contributed by atoms with E-state index in [4.69, 9.17) is 14.2 Å². The Morgan fingerprint density at radius 1 is 0.967 bits per heavy atom. The fourth-order valence-corrected chi connectivity index (χ4v) is 3.19. The number of ether oxygens (including phenoxy) is 3. The lowest BCUT2D eigenvalue weighted by Crippen LogP contribution is -2.24. The number of nitrogens with one attached hydrogen (secondary N) is 1. The van der Waals surface area contributed by atoms with Crippen molar-refractivity contribution in [2.24, 2.45) is 0 Å². The van der Waals surface area contributed by atoms with Gasteiger partial charge in [-0.25, -0.2) is 4.98 Å². The summed E-state index contributed by atoms with van der Waals surface area (Å²) < 4.78 is 18.9. The Hall–Kier alpha value is -3.36.